The van der Waals surface area contributed by atoms with Crippen LogP contribution < -0.4 is 0 Å². The Bertz CT molecular complexity index is 911. The second-order valence-electron chi connectivity index (χ2n) is 8.00. The zero-order valence-corrected chi connectivity index (χ0v) is 17.7. The third-order valence-corrected chi connectivity index (χ3v) is 5.96. The Hall–Kier alpha value is -3.02. The Morgan fingerprint density at radius 3 is 2.16 bits per heavy atom. The van der Waals surface area contributed by atoms with Crippen LogP contribution in [0.25, 0.3) is 0 Å². The predicted octanol–water partition coefficient (Wildman–Crippen LogP) is 3.77. The van der Waals surface area contributed by atoms with Crippen LogP contribution in [0, 0.1) is 0 Å². The van der Waals surface area contributed by atoms with Gasteiger partial charge in [-0.2, -0.15) is 0 Å². The highest BCUT2D eigenvalue weighted by Crippen LogP contribution is 2.30. The van der Waals surface area contributed by atoms with E-state index in [2.05, 4.69) is 58.4 Å². The van der Waals surface area contributed by atoms with Gasteiger partial charge in [0.15, 0.2) is 0 Å². The van der Waals surface area contributed by atoms with Crippen molar-refractivity contribution >= 4 is 5.91 Å². The van der Waals surface area contributed by atoms with Crippen molar-refractivity contribution in [2.24, 2.45) is 0 Å². The summed E-state index contributed by atoms with van der Waals surface area (Å²) in [6.45, 7) is 2.10. The standard InChI is InChI=1S/C26H29N3O2/c30-20-24-19-28(16-7-8-17-29(24)26(31)23-14-9-15-27-18-23)25(21-10-3-1-4-11-21)22-12-5-2-6-13-22/h1-6,9-15,18,24-25,30H,7-8,16-17,19-20H2. The fraction of sp³-hybridized carbons (Fsp3) is 0.308. The van der Waals surface area contributed by atoms with Crippen molar-refractivity contribution in [3.8, 4) is 0 Å². The molecular weight excluding hydrogens is 386 g/mol. The zero-order chi connectivity index (χ0) is 21.5. The fourth-order valence-electron chi connectivity index (χ4n) is 4.44. The van der Waals surface area contributed by atoms with Crippen LogP contribution in [0.3, 0.4) is 0 Å². The van der Waals surface area contributed by atoms with Gasteiger partial charge in [0.2, 0.25) is 0 Å². The van der Waals surface area contributed by atoms with Gasteiger partial charge in [-0.25, -0.2) is 0 Å². The molecule has 1 aromatic heterocycles. The van der Waals surface area contributed by atoms with Crippen LogP contribution in [0.4, 0.5) is 0 Å². The second-order valence-corrected chi connectivity index (χ2v) is 8.00. The summed E-state index contributed by atoms with van der Waals surface area (Å²) in [5.74, 6) is -0.0648. The quantitative estimate of drug-likeness (QED) is 0.689. The zero-order valence-electron chi connectivity index (χ0n) is 17.7. The molecule has 1 N–H and O–H groups in total. The maximum Gasteiger partial charge on any atom is 0.255 e. The Morgan fingerprint density at radius 2 is 1.58 bits per heavy atom. The number of benzene rings is 2. The van der Waals surface area contributed by atoms with E-state index in [1.54, 1.807) is 24.5 Å². The van der Waals surface area contributed by atoms with Crippen LogP contribution in [0.2, 0.25) is 0 Å². The Balaban J connectivity index is 1.65. The molecule has 2 heterocycles. The highest BCUT2D eigenvalue weighted by Gasteiger charge is 2.31. The molecule has 1 aliphatic heterocycles. The van der Waals surface area contributed by atoms with Gasteiger partial charge in [-0.15, -0.1) is 0 Å². The van der Waals surface area contributed by atoms with E-state index in [4.69, 9.17) is 0 Å². The minimum atomic E-state index is -0.275. The summed E-state index contributed by atoms with van der Waals surface area (Å²) in [5, 5.41) is 10.3. The van der Waals surface area contributed by atoms with Crippen molar-refractivity contribution in [3.63, 3.8) is 0 Å². The van der Waals surface area contributed by atoms with Gasteiger partial charge in [0.1, 0.15) is 0 Å². The smallest absolute Gasteiger partial charge is 0.255 e. The number of rotatable bonds is 5. The van der Waals surface area contributed by atoms with Crippen LogP contribution in [0.5, 0.6) is 0 Å². The number of aliphatic hydroxyl groups is 1. The van der Waals surface area contributed by atoms with E-state index in [-0.39, 0.29) is 24.6 Å². The normalized spacial score (nSPS) is 17.9. The first-order valence-corrected chi connectivity index (χ1v) is 10.9. The molecule has 5 heteroatoms. The van der Waals surface area contributed by atoms with Crippen molar-refractivity contribution in [1.29, 1.82) is 0 Å². The Morgan fingerprint density at radius 1 is 0.935 bits per heavy atom. The van der Waals surface area contributed by atoms with E-state index in [0.29, 0.717) is 18.7 Å². The molecule has 5 nitrogen and oxygen atoms in total. The molecule has 0 aliphatic carbocycles. The average molecular weight is 416 g/mol. The van der Waals surface area contributed by atoms with E-state index >= 15 is 0 Å². The molecule has 0 bridgehead atoms. The highest BCUT2D eigenvalue weighted by atomic mass is 16.3. The van der Waals surface area contributed by atoms with E-state index in [0.717, 1.165) is 19.4 Å². The van der Waals surface area contributed by atoms with Gasteiger partial charge in [-0.05, 0) is 42.6 Å². The van der Waals surface area contributed by atoms with Gasteiger partial charge in [-0.1, -0.05) is 60.7 Å². The summed E-state index contributed by atoms with van der Waals surface area (Å²) in [6, 6.07) is 24.3. The van der Waals surface area contributed by atoms with Crippen molar-refractivity contribution in [2.75, 3.05) is 26.2 Å². The van der Waals surface area contributed by atoms with Gasteiger partial charge in [-0.3, -0.25) is 14.7 Å². The van der Waals surface area contributed by atoms with Crippen molar-refractivity contribution in [3.05, 3.63) is 102 Å². The van der Waals surface area contributed by atoms with Crippen molar-refractivity contribution in [2.45, 2.75) is 24.9 Å². The van der Waals surface area contributed by atoms with Crippen molar-refractivity contribution < 1.29 is 9.90 Å². The van der Waals surface area contributed by atoms with Gasteiger partial charge in [0.05, 0.1) is 24.3 Å². The van der Waals surface area contributed by atoms with Gasteiger partial charge < -0.3 is 10.0 Å². The Kier molecular flexibility index (Phi) is 7.07. The first-order chi connectivity index (χ1) is 15.3. The molecule has 2 aromatic carbocycles. The molecule has 3 aromatic rings. The van der Waals surface area contributed by atoms with E-state index in [9.17, 15) is 9.90 Å². The maximum absolute atomic E-state index is 13.2. The molecule has 1 unspecified atom stereocenters. The highest BCUT2D eigenvalue weighted by molar-refractivity contribution is 5.94. The average Bonchev–Trinajstić information content (AvgIpc) is 2.82. The number of nitrogens with zero attached hydrogens (tertiary/aromatic N) is 3. The Labute approximate surface area is 184 Å². The third kappa shape index (κ3) is 5.01. The number of carbonyl (C=O) groups excluding carboxylic acids is 1. The van der Waals surface area contributed by atoms with Crippen LogP contribution in [0.1, 0.15) is 40.4 Å². The molecule has 0 radical (unpaired) electrons. The molecule has 1 saturated heterocycles. The minimum absolute atomic E-state index is 0.0648. The first kappa shape index (κ1) is 21.2. The fourth-order valence-corrected chi connectivity index (χ4v) is 4.44. The lowest BCUT2D eigenvalue weighted by Gasteiger charge is -2.41. The SMILES string of the molecule is O=C(c1cccnc1)N1CCCCN(C(c2ccccc2)c2ccccc2)CC1CO. The van der Waals surface area contributed by atoms with Crippen LogP contribution in [-0.4, -0.2) is 58.1 Å². The molecule has 1 aliphatic rings. The minimum Gasteiger partial charge on any atom is -0.394 e. The lowest BCUT2D eigenvalue weighted by molar-refractivity contribution is 0.0412. The van der Waals surface area contributed by atoms with Gasteiger partial charge in [0, 0.05) is 25.5 Å². The molecule has 4 rings (SSSR count). The molecule has 0 saturated carbocycles. The third-order valence-electron chi connectivity index (χ3n) is 5.96. The lowest BCUT2D eigenvalue weighted by atomic mass is 9.95. The molecular formula is C26H29N3O2. The van der Waals surface area contributed by atoms with Crippen molar-refractivity contribution in [1.82, 2.24) is 14.8 Å². The van der Waals surface area contributed by atoms with Crippen LogP contribution in [-0.2, 0) is 0 Å². The summed E-state index contributed by atoms with van der Waals surface area (Å²) >= 11 is 0. The van der Waals surface area contributed by atoms with E-state index in [1.165, 1.54) is 11.1 Å². The first-order valence-electron chi connectivity index (χ1n) is 10.9. The van der Waals surface area contributed by atoms with E-state index < -0.39 is 0 Å². The number of hydrogen-bond donors (Lipinski definition) is 1. The summed E-state index contributed by atoms with van der Waals surface area (Å²) < 4.78 is 0. The monoisotopic (exact) mass is 415 g/mol. The molecule has 160 valence electrons. The molecule has 1 fully saturated rings. The van der Waals surface area contributed by atoms with E-state index in [1.807, 2.05) is 17.0 Å². The number of hydrogen-bond acceptors (Lipinski definition) is 4. The van der Waals surface area contributed by atoms with Gasteiger partial charge in [0.25, 0.3) is 5.91 Å². The molecule has 31 heavy (non-hydrogen) atoms. The number of aliphatic hydroxyl groups excluding tert-OH is 1. The van der Waals surface area contributed by atoms with Crippen LogP contribution >= 0.6 is 0 Å². The summed E-state index contributed by atoms with van der Waals surface area (Å²) in [6.07, 6.45) is 5.16. The largest absolute Gasteiger partial charge is 0.394 e. The second kappa shape index (κ2) is 10.3. The lowest BCUT2D eigenvalue weighted by Crippen LogP contribution is -2.51. The molecule has 1 atom stereocenters. The summed E-state index contributed by atoms with van der Waals surface area (Å²) in [7, 11) is 0. The molecule has 1 amide bonds. The topological polar surface area (TPSA) is 56.7 Å². The number of aromatic nitrogens is 1. The number of carbonyl (C=O) groups is 1. The molecule has 0 spiro atoms. The van der Waals surface area contributed by atoms with Gasteiger partial charge >= 0.3 is 0 Å². The number of pyridine rings is 1. The summed E-state index contributed by atoms with van der Waals surface area (Å²) in [5.41, 5.74) is 3.00. The number of amides is 1. The predicted molar refractivity (Wildman–Crippen MR) is 122 cm³/mol. The van der Waals surface area contributed by atoms with Crippen LogP contribution in [0.15, 0.2) is 85.2 Å². The summed E-state index contributed by atoms with van der Waals surface area (Å²) in [4.78, 5) is 21.5. The maximum atomic E-state index is 13.2.